The fourth-order valence-electron chi connectivity index (χ4n) is 4.60. The number of ether oxygens (including phenoxy) is 1. The number of rotatable bonds is 5. The Bertz CT molecular complexity index is 1350. The third kappa shape index (κ3) is 5.03. The van der Waals surface area contributed by atoms with Gasteiger partial charge in [-0.05, 0) is 55.3 Å². The molecule has 37 heavy (non-hydrogen) atoms. The number of amidine groups is 1. The number of carbonyl (C=O) groups excluding carboxylic acids is 1. The van der Waals surface area contributed by atoms with E-state index in [1.807, 2.05) is 17.9 Å². The molecule has 3 aliphatic rings. The van der Waals surface area contributed by atoms with E-state index in [9.17, 15) is 19.1 Å². The van der Waals surface area contributed by atoms with Crippen molar-refractivity contribution in [2.75, 3.05) is 43.1 Å². The van der Waals surface area contributed by atoms with Crippen molar-refractivity contribution in [1.82, 2.24) is 10.4 Å². The normalized spacial score (nSPS) is 20.2. The number of benzene rings is 2. The molecule has 11 heteroatoms. The number of fused-ring (bicyclic) bond motifs is 1. The summed E-state index contributed by atoms with van der Waals surface area (Å²) in [5.41, 5.74) is 6.99. The third-order valence-electron chi connectivity index (χ3n) is 6.66. The zero-order valence-electron chi connectivity index (χ0n) is 20.5. The van der Waals surface area contributed by atoms with Crippen LogP contribution in [0.15, 0.2) is 57.7 Å². The van der Waals surface area contributed by atoms with Gasteiger partial charge < -0.3 is 20.1 Å². The Hall–Kier alpha value is -4.25. The highest BCUT2D eigenvalue weighted by Gasteiger charge is 2.37. The summed E-state index contributed by atoms with van der Waals surface area (Å²) in [4.78, 5) is 35.7. The van der Waals surface area contributed by atoms with Crippen LogP contribution in [0.3, 0.4) is 0 Å². The molecule has 0 aliphatic carbocycles. The van der Waals surface area contributed by atoms with Crippen molar-refractivity contribution < 1.29 is 23.8 Å². The Morgan fingerprint density at radius 3 is 2.73 bits per heavy atom. The Morgan fingerprint density at radius 2 is 1.97 bits per heavy atom. The molecule has 192 valence electrons. The van der Waals surface area contributed by atoms with Crippen LogP contribution < -0.4 is 15.6 Å². The summed E-state index contributed by atoms with van der Waals surface area (Å²) in [5.74, 6) is -2.11. The van der Waals surface area contributed by atoms with Crippen molar-refractivity contribution in [3.8, 4) is 0 Å². The van der Waals surface area contributed by atoms with E-state index < -0.39 is 23.6 Å². The smallest absolute Gasteiger partial charge is 0.312 e. The molecule has 0 aromatic heterocycles. The largest absolute Gasteiger partial charge is 0.481 e. The number of carbonyl (C=O) groups is 2. The van der Waals surface area contributed by atoms with Gasteiger partial charge in [0.25, 0.3) is 5.91 Å². The van der Waals surface area contributed by atoms with E-state index in [0.717, 1.165) is 5.56 Å². The Balaban J connectivity index is 1.40. The molecule has 5 rings (SSSR count). The number of aryl methyl sites for hydroxylation is 1. The average Bonchev–Trinajstić information content (AvgIpc) is 3.24. The molecular weight excluding hydrogens is 479 g/mol. The molecule has 1 fully saturated rings. The maximum atomic E-state index is 14.4. The highest BCUT2D eigenvalue weighted by molar-refractivity contribution is 6.07. The molecule has 1 unspecified atom stereocenters. The molecule has 1 amide bonds. The molecular formula is C26H27FN6O4. The summed E-state index contributed by atoms with van der Waals surface area (Å²) in [5, 5.41) is 14.1. The summed E-state index contributed by atoms with van der Waals surface area (Å²) in [7, 11) is 0. The average molecular weight is 507 g/mol. The van der Waals surface area contributed by atoms with E-state index in [1.165, 1.54) is 18.5 Å². The lowest BCUT2D eigenvalue weighted by Gasteiger charge is -2.29. The van der Waals surface area contributed by atoms with Gasteiger partial charge in [-0.3, -0.25) is 20.0 Å². The summed E-state index contributed by atoms with van der Waals surface area (Å²) in [6.45, 7) is 6.28. The first-order valence-corrected chi connectivity index (χ1v) is 11.9. The molecule has 2 aromatic rings. The number of carboxylic acids is 1. The van der Waals surface area contributed by atoms with Crippen LogP contribution in [0.4, 0.5) is 21.5 Å². The number of nitrogens with zero attached hydrogens (tertiary/aromatic N) is 4. The number of hydrogen-bond acceptors (Lipinski definition) is 7. The SMILES string of the molecule is CC1=C2C(=Nc3cc(NC(=O)c4cc(F)cc(N5CCOCC5)c4)ccc3C)N=CNN2CC1C(=O)O. The lowest BCUT2D eigenvalue weighted by molar-refractivity contribution is -0.140. The van der Waals surface area contributed by atoms with Gasteiger partial charge in [0, 0.05) is 30.0 Å². The number of amides is 1. The van der Waals surface area contributed by atoms with Gasteiger partial charge in [-0.1, -0.05) is 6.07 Å². The summed E-state index contributed by atoms with van der Waals surface area (Å²) < 4.78 is 19.7. The molecule has 3 aliphatic heterocycles. The van der Waals surface area contributed by atoms with Crippen LogP contribution in [0, 0.1) is 18.7 Å². The van der Waals surface area contributed by atoms with Gasteiger partial charge in [0.15, 0.2) is 5.84 Å². The van der Waals surface area contributed by atoms with Crippen LogP contribution in [0.2, 0.25) is 0 Å². The fourth-order valence-corrected chi connectivity index (χ4v) is 4.60. The molecule has 1 atom stereocenters. The van der Waals surface area contributed by atoms with Gasteiger partial charge in [0.2, 0.25) is 0 Å². The third-order valence-corrected chi connectivity index (χ3v) is 6.66. The number of morpholine rings is 1. The predicted molar refractivity (Wildman–Crippen MR) is 138 cm³/mol. The summed E-state index contributed by atoms with van der Waals surface area (Å²) in [6, 6.07) is 9.58. The number of halogens is 1. The second kappa shape index (κ2) is 10.0. The van der Waals surface area contributed by atoms with Crippen molar-refractivity contribution in [2.24, 2.45) is 15.9 Å². The molecule has 0 saturated carbocycles. The molecule has 0 bridgehead atoms. The van der Waals surface area contributed by atoms with Crippen molar-refractivity contribution in [3.63, 3.8) is 0 Å². The Morgan fingerprint density at radius 1 is 1.19 bits per heavy atom. The second-order valence-electron chi connectivity index (χ2n) is 9.11. The van der Waals surface area contributed by atoms with E-state index in [-0.39, 0.29) is 12.1 Å². The molecule has 10 nitrogen and oxygen atoms in total. The van der Waals surface area contributed by atoms with E-state index in [0.29, 0.717) is 60.5 Å². The highest BCUT2D eigenvalue weighted by atomic mass is 19.1. The number of anilines is 2. The van der Waals surface area contributed by atoms with Crippen LogP contribution in [0.1, 0.15) is 22.8 Å². The minimum atomic E-state index is -0.907. The van der Waals surface area contributed by atoms with Gasteiger partial charge in [-0.15, -0.1) is 0 Å². The molecule has 3 N–H and O–H groups in total. The van der Waals surface area contributed by atoms with Crippen molar-refractivity contribution >= 4 is 41.1 Å². The predicted octanol–water partition coefficient (Wildman–Crippen LogP) is 3.09. The maximum absolute atomic E-state index is 14.4. The van der Waals surface area contributed by atoms with Crippen LogP contribution in [-0.2, 0) is 9.53 Å². The number of hydrogen-bond donors (Lipinski definition) is 3. The zero-order valence-corrected chi connectivity index (χ0v) is 20.5. The van der Waals surface area contributed by atoms with Crippen LogP contribution >= 0.6 is 0 Å². The number of hydrazine groups is 1. The topological polar surface area (TPSA) is 119 Å². The zero-order chi connectivity index (χ0) is 26.1. The van der Waals surface area contributed by atoms with Crippen LogP contribution in [-0.4, -0.2) is 67.0 Å². The monoisotopic (exact) mass is 506 g/mol. The molecule has 3 heterocycles. The van der Waals surface area contributed by atoms with E-state index in [4.69, 9.17) is 9.73 Å². The van der Waals surface area contributed by atoms with Gasteiger partial charge in [-0.25, -0.2) is 14.4 Å². The van der Waals surface area contributed by atoms with Crippen molar-refractivity contribution in [2.45, 2.75) is 13.8 Å². The summed E-state index contributed by atoms with van der Waals surface area (Å²) >= 11 is 0. The first kappa shape index (κ1) is 24.4. The second-order valence-corrected chi connectivity index (χ2v) is 9.11. The van der Waals surface area contributed by atoms with E-state index in [1.54, 1.807) is 30.1 Å². The number of carboxylic acid groups (broad SMARTS) is 1. The van der Waals surface area contributed by atoms with Gasteiger partial charge >= 0.3 is 5.97 Å². The Kier molecular flexibility index (Phi) is 6.62. The number of aliphatic carboxylic acids is 1. The molecule has 2 aromatic carbocycles. The summed E-state index contributed by atoms with van der Waals surface area (Å²) in [6.07, 6.45) is 1.47. The van der Waals surface area contributed by atoms with Crippen LogP contribution in [0.5, 0.6) is 0 Å². The van der Waals surface area contributed by atoms with Gasteiger partial charge in [0.1, 0.15) is 17.9 Å². The first-order chi connectivity index (χ1) is 17.8. The number of nitrogens with one attached hydrogen (secondary N) is 2. The molecule has 0 spiro atoms. The quantitative estimate of drug-likeness (QED) is 0.570. The first-order valence-electron chi connectivity index (χ1n) is 11.9. The van der Waals surface area contributed by atoms with Crippen LogP contribution in [0.25, 0.3) is 0 Å². The van der Waals surface area contributed by atoms with Gasteiger partial charge in [-0.2, -0.15) is 0 Å². The standard InChI is InChI=1S/C26H27FN6O4/c1-15-3-4-19(30-25(34)17-9-18(27)11-20(10-17)32-5-7-37-8-6-32)12-22(15)31-24-23-16(2)21(26(35)36)13-33(23)29-14-28-24/h3-4,9-12,14,21H,5-8,13H2,1-2H3,(H,30,34)(H,35,36)(H,28,29,31). The maximum Gasteiger partial charge on any atom is 0.312 e. The minimum absolute atomic E-state index is 0.208. The van der Waals surface area contributed by atoms with Crippen molar-refractivity contribution in [1.29, 1.82) is 0 Å². The van der Waals surface area contributed by atoms with E-state index in [2.05, 4.69) is 15.7 Å². The van der Waals surface area contributed by atoms with E-state index >= 15 is 0 Å². The Labute approximate surface area is 213 Å². The highest BCUT2D eigenvalue weighted by Crippen LogP contribution is 2.32. The fraction of sp³-hybridized carbons (Fsp3) is 0.308. The molecule has 1 saturated heterocycles. The number of aliphatic imine (C=N–C) groups is 2. The van der Waals surface area contributed by atoms with Gasteiger partial charge in [0.05, 0.1) is 31.4 Å². The minimum Gasteiger partial charge on any atom is -0.481 e. The lowest BCUT2D eigenvalue weighted by atomic mass is 10.0. The lowest BCUT2D eigenvalue weighted by Crippen LogP contribution is -2.41. The molecule has 0 radical (unpaired) electrons. The van der Waals surface area contributed by atoms with Crippen molar-refractivity contribution in [3.05, 3.63) is 64.6 Å².